The first-order valence-corrected chi connectivity index (χ1v) is 13.2. The average Bonchev–Trinajstić information content (AvgIpc) is 3.07. The number of sulfonamides is 1. The Morgan fingerprint density at radius 2 is 1.82 bits per heavy atom. The fourth-order valence-electron chi connectivity index (χ4n) is 3.82. The van der Waals surface area contributed by atoms with Crippen LogP contribution in [0.15, 0.2) is 24.3 Å². The Morgan fingerprint density at radius 1 is 1.21 bits per heavy atom. The number of nitrogens with one attached hydrogen (secondary N) is 2. The Bertz CT molecular complexity index is 1110. The van der Waals surface area contributed by atoms with Crippen LogP contribution in [0.2, 0.25) is 0 Å². The third kappa shape index (κ3) is 7.31. The Labute approximate surface area is 200 Å². The van der Waals surface area contributed by atoms with Gasteiger partial charge in [0.1, 0.15) is 16.4 Å². The lowest BCUT2D eigenvalue weighted by Crippen LogP contribution is -2.41. The predicted molar refractivity (Wildman–Crippen MR) is 125 cm³/mol. The number of nitrogens with two attached hydrogens (primary N) is 1. The second kappa shape index (κ2) is 10.5. The van der Waals surface area contributed by atoms with E-state index in [0.29, 0.717) is 30.8 Å². The number of aromatic nitrogens is 1. The molecule has 0 spiro atoms. The number of benzene rings is 1. The van der Waals surface area contributed by atoms with Gasteiger partial charge < -0.3 is 15.8 Å². The van der Waals surface area contributed by atoms with Crippen molar-refractivity contribution in [3.63, 3.8) is 0 Å². The quantitative estimate of drug-likeness (QED) is 0.424. The smallest absolute Gasteiger partial charge is 0.405 e. The van der Waals surface area contributed by atoms with E-state index in [2.05, 4.69) is 19.8 Å². The molecule has 8 nitrogen and oxygen atoms in total. The summed E-state index contributed by atoms with van der Waals surface area (Å²) in [5.74, 6) is -1.30. The summed E-state index contributed by atoms with van der Waals surface area (Å²) in [5.41, 5.74) is 5.62. The normalized spacial score (nSPS) is 19.2. The van der Waals surface area contributed by atoms with Gasteiger partial charge in [-0.15, -0.1) is 13.2 Å². The second-order valence-corrected chi connectivity index (χ2v) is 11.4. The molecule has 1 heterocycles. The molecule has 3 rings (SSSR count). The third-order valence-electron chi connectivity index (χ3n) is 5.17. The topological polar surface area (TPSA) is 123 Å². The molecule has 0 atom stereocenters. The number of ether oxygens (including phenoxy) is 1. The number of rotatable bonds is 9. The van der Waals surface area contributed by atoms with E-state index in [9.17, 15) is 26.4 Å². The van der Waals surface area contributed by atoms with Crippen LogP contribution in [0, 0.1) is 5.92 Å². The first kappa shape index (κ1) is 26.2. The lowest BCUT2D eigenvalue weighted by molar-refractivity contribution is -0.274. The van der Waals surface area contributed by atoms with Crippen molar-refractivity contribution in [1.82, 2.24) is 9.71 Å². The monoisotopic (exact) mass is 520 g/mol. The molecule has 34 heavy (non-hydrogen) atoms. The Balaban J connectivity index is 1.63. The van der Waals surface area contributed by atoms with Crippen LogP contribution in [0.4, 0.5) is 24.1 Å². The molecular formula is C21H27F3N4O4S2. The minimum absolute atomic E-state index is 0.000189. The van der Waals surface area contributed by atoms with Gasteiger partial charge in [0, 0.05) is 12.1 Å². The average molecular weight is 521 g/mol. The number of para-hydroxylation sites is 1. The van der Waals surface area contributed by atoms with Crippen LogP contribution in [-0.4, -0.2) is 43.4 Å². The summed E-state index contributed by atoms with van der Waals surface area (Å²) in [6, 6.07) is 4.92. The molecule has 0 aliphatic heterocycles. The van der Waals surface area contributed by atoms with Gasteiger partial charge in [0.05, 0.1) is 11.3 Å². The van der Waals surface area contributed by atoms with E-state index in [4.69, 9.17) is 5.73 Å². The summed E-state index contributed by atoms with van der Waals surface area (Å²) in [5, 5.41) is 3.58. The van der Waals surface area contributed by atoms with E-state index in [1.807, 2.05) is 13.8 Å². The first-order chi connectivity index (χ1) is 15.8. The van der Waals surface area contributed by atoms with Crippen LogP contribution >= 0.6 is 11.3 Å². The number of carbonyl (C=O) groups excluding carboxylic acids is 1. The number of thiazole rings is 1. The lowest BCUT2D eigenvalue weighted by atomic mass is 9.92. The molecule has 0 amide bonds. The highest BCUT2D eigenvalue weighted by Gasteiger charge is 2.33. The summed E-state index contributed by atoms with van der Waals surface area (Å²) in [6.07, 6.45) is -2.29. The van der Waals surface area contributed by atoms with Gasteiger partial charge >= 0.3 is 6.36 Å². The SMILES string of the molecule is CC(C)CS(=O)(=O)NC1CCC(Nc2nc(N)c(C(=O)c3ccccc3OC(F)(F)F)s2)CC1. The molecule has 0 unspecified atom stereocenters. The molecule has 188 valence electrons. The Hall–Kier alpha value is -2.38. The van der Waals surface area contributed by atoms with Crippen molar-refractivity contribution in [1.29, 1.82) is 0 Å². The molecule has 1 saturated carbocycles. The Morgan fingerprint density at radius 3 is 2.44 bits per heavy atom. The minimum Gasteiger partial charge on any atom is -0.405 e. The standard InChI is InChI=1S/C21H27F3N4O4S2/c1-12(2)11-34(30,31)28-14-9-7-13(8-10-14)26-20-27-19(25)18(33-20)17(29)15-5-3-4-6-16(15)32-21(22,23)24/h3-6,12-14,28H,7-11,25H2,1-2H3,(H,26,27). The van der Waals surface area contributed by atoms with Gasteiger partial charge in [-0.1, -0.05) is 37.3 Å². The van der Waals surface area contributed by atoms with Crippen LogP contribution < -0.4 is 20.5 Å². The van der Waals surface area contributed by atoms with Crippen molar-refractivity contribution in [3.8, 4) is 5.75 Å². The number of nitrogens with zero attached hydrogens (tertiary/aromatic N) is 1. The van der Waals surface area contributed by atoms with Crippen molar-refractivity contribution < 1.29 is 31.1 Å². The van der Waals surface area contributed by atoms with E-state index in [1.165, 1.54) is 18.2 Å². The molecule has 13 heteroatoms. The Kier molecular flexibility index (Phi) is 8.09. The van der Waals surface area contributed by atoms with Crippen LogP contribution in [0.5, 0.6) is 5.75 Å². The molecule has 1 aliphatic carbocycles. The number of ketones is 1. The van der Waals surface area contributed by atoms with Gasteiger partial charge in [-0.05, 0) is 43.7 Å². The fourth-order valence-corrected chi connectivity index (χ4v) is 6.45. The van der Waals surface area contributed by atoms with Gasteiger partial charge in [0.25, 0.3) is 0 Å². The molecule has 1 aromatic heterocycles. The third-order valence-corrected chi connectivity index (χ3v) is 7.97. The number of nitrogen functional groups attached to an aromatic ring is 1. The molecule has 2 aromatic rings. The molecule has 4 N–H and O–H groups in total. The highest BCUT2D eigenvalue weighted by Crippen LogP contribution is 2.34. The number of halogens is 3. The molecule has 0 radical (unpaired) electrons. The van der Waals surface area contributed by atoms with E-state index in [1.54, 1.807) is 0 Å². The second-order valence-electron chi connectivity index (χ2n) is 8.59. The zero-order chi connectivity index (χ0) is 25.1. The van der Waals surface area contributed by atoms with Crippen LogP contribution in [-0.2, 0) is 10.0 Å². The molecule has 1 aromatic carbocycles. The summed E-state index contributed by atoms with van der Waals surface area (Å²) in [4.78, 5) is 17.0. The van der Waals surface area contributed by atoms with Gasteiger partial charge in [0.15, 0.2) is 5.13 Å². The number of hydrogen-bond donors (Lipinski definition) is 3. The highest BCUT2D eigenvalue weighted by atomic mass is 32.2. The fraction of sp³-hybridized carbons (Fsp3) is 0.524. The minimum atomic E-state index is -4.94. The van der Waals surface area contributed by atoms with Crippen molar-refractivity contribution in [2.45, 2.75) is 58.0 Å². The molecular weight excluding hydrogens is 493 g/mol. The largest absolute Gasteiger partial charge is 0.573 e. The van der Waals surface area contributed by atoms with Crippen molar-refractivity contribution in [2.24, 2.45) is 5.92 Å². The maximum atomic E-state index is 12.9. The number of alkyl halides is 3. The number of hydrogen-bond acceptors (Lipinski definition) is 8. The van der Waals surface area contributed by atoms with Crippen molar-refractivity contribution in [2.75, 3.05) is 16.8 Å². The van der Waals surface area contributed by atoms with Crippen molar-refractivity contribution >= 4 is 38.1 Å². The van der Waals surface area contributed by atoms with Gasteiger partial charge in [-0.25, -0.2) is 18.1 Å². The van der Waals surface area contributed by atoms with Crippen LogP contribution in [0.1, 0.15) is 54.8 Å². The van der Waals surface area contributed by atoms with E-state index in [-0.39, 0.29) is 40.0 Å². The molecule has 1 aliphatic rings. The maximum absolute atomic E-state index is 12.9. The number of carbonyl (C=O) groups is 1. The zero-order valence-corrected chi connectivity index (χ0v) is 20.3. The summed E-state index contributed by atoms with van der Waals surface area (Å²) in [6.45, 7) is 3.70. The molecule has 1 fully saturated rings. The predicted octanol–water partition coefficient (Wildman–Crippen LogP) is 4.15. The first-order valence-electron chi connectivity index (χ1n) is 10.8. The zero-order valence-electron chi connectivity index (χ0n) is 18.7. The molecule has 0 bridgehead atoms. The van der Waals surface area contributed by atoms with Gasteiger partial charge in [-0.3, -0.25) is 4.79 Å². The van der Waals surface area contributed by atoms with E-state index < -0.39 is 27.9 Å². The summed E-state index contributed by atoms with van der Waals surface area (Å²) >= 11 is 0.955. The summed E-state index contributed by atoms with van der Waals surface area (Å²) < 4.78 is 69.1. The number of anilines is 2. The van der Waals surface area contributed by atoms with Crippen LogP contribution in [0.25, 0.3) is 0 Å². The van der Waals surface area contributed by atoms with Gasteiger partial charge in [-0.2, -0.15) is 0 Å². The van der Waals surface area contributed by atoms with Crippen molar-refractivity contribution in [3.05, 3.63) is 34.7 Å². The highest BCUT2D eigenvalue weighted by molar-refractivity contribution is 7.89. The van der Waals surface area contributed by atoms with Gasteiger partial charge in [0.2, 0.25) is 15.8 Å². The summed E-state index contributed by atoms with van der Waals surface area (Å²) in [7, 11) is -3.33. The van der Waals surface area contributed by atoms with E-state index >= 15 is 0 Å². The lowest BCUT2D eigenvalue weighted by Gasteiger charge is -2.29. The maximum Gasteiger partial charge on any atom is 0.573 e. The molecule has 0 saturated heterocycles. The van der Waals surface area contributed by atoms with Crippen LogP contribution in [0.3, 0.4) is 0 Å². The van der Waals surface area contributed by atoms with E-state index in [0.717, 1.165) is 17.4 Å².